The SMILES string of the molecule is Cc1ccc(C(CN)Oc2cccc(C)c2C)o1. The molecule has 0 bridgehead atoms. The normalized spacial score (nSPS) is 12.4. The Balaban J connectivity index is 2.23. The maximum absolute atomic E-state index is 5.96. The third-order valence-corrected chi connectivity index (χ3v) is 3.12. The zero-order chi connectivity index (χ0) is 13.1. The molecule has 0 amide bonds. The van der Waals surface area contributed by atoms with E-state index in [4.69, 9.17) is 14.9 Å². The van der Waals surface area contributed by atoms with E-state index in [1.807, 2.05) is 38.1 Å². The molecule has 1 unspecified atom stereocenters. The van der Waals surface area contributed by atoms with Crippen LogP contribution in [0.3, 0.4) is 0 Å². The summed E-state index contributed by atoms with van der Waals surface area (Å²) >= 11 is 0. The van der Waals surface area contributed by atoms with Crippen molar-refractivity contribution < 1.29 is 9.15 Å². The maximum atomic E-state index is 5.96. The predicted molar refractivity (Wildman–Crippen MR) is 71.8 cm³/mol. The van der Waals surface area contributed by atoms with Crippen LogP contribution in [0.2, 0.25) is 0 Å². The Labute approximate surface area is 108 Å². The van der Waals surface area contributed by atoms with Gasteiger partial charge < -0.3 is 14.9 Å². The smallest absolute Gasteiger partial charge is 0.168 e. The van der Waals surface area contributed by atoms with Crippen LogP contribution >= 0.6 is 0 Å². The van der Waals surface area contributed by atoms with Crippen LogP contribution in [0.4, 0.5) is 0 Å². The van der Waals surface area contributed by atoms with Crippen LogP contribution in [-0.2, 0) is 0 Å². The number of benzene rings is 1. The zero-order valence-electron chi connectivity index (χ0n) is 11.1. The quantitative estimate of drug-likeness (QED) is 0.899. The summed E-state index contributed by atoms with van der Waals surface area (Å²) < 4.78 is 11.5. The van der Waals surface area contributed by atoms with E-state index in [0.717, 1.165) is 22.8 Å². The molecule has 0 radical (unpaired) electrons. The van der Waals surface area contributed by atoms with Gasteiger partial charge in [0.1, 0.15) is 17.3 Å². The maximum Gasteiger partial charge on any atom is 0.168 e. The fourth-order valence-electron chi connectivity index (χ4n) is 1.85. The van der Waals surface area contributed by atoms with Gasteiger partial charge in [-0.25, -0.2) is 0 Å². The molecule has 0 saturated carbocycles. The number of furan rings is 1. The number of aryl methyl sites for hydroxylation is 2. The van der Waals surface area contributed by atoms with Crippen LogP contribution in [0, 0.1) is 20.8 Å². The van der Waals surface area contributed by atoms with E-state index in [-0.39, 0.29) is 6.10 Å². The van der Waals surface area contributed by atoms with Crippen LogP contribution in [0.15, 0.2) is 34.7 Å². The fraction of sp³-hybridized carbons (Fsp3) is 0.333. The lowest BCUT2D eigenvalue weighted by molar-refractivity contribution is 0.181. The Hall–Kier alpha value is -1.74. The summed E-state index contributed by atoms with van der Waals surface area (Å²) in [6.07, 6.45) is -0.237. The van der Waals surface area contributed by atoms with Gasteiger partial charge in [-0.15, -0.1) is 0 Å². The second-order valence-corrected chi connectivity index (χ2v) is 4.49. The van der Waals surface area contributed by atoms with E-state index in [0.29, 0.717) is 6.54 Å². The molecule has 0 saturated heterocycles. The second-order valence-electron chi connectivity index (χ2n) is 4.49. The van der Waals surface area contributed by atoms with Crippen molar-refractivity contribution in [2.75, 3.05) is 6.54 Å². The first kappa shape index (κ1) is 12.7. The van der Waals surface area contributed by atoms with Gasteiger partial charge in [0.2, 0.25) is 0 Å². The number of ether oxygens (including phenoxy) is 1. The molecule has 0 aliphatic heterocycles. The largest absolute Gasteiger partial charge is 0.481 e. The Morgan fingerprint density at radius 1 is 1.17 bits per heavy atom. The van der Waals surface area contributed by atoms with E-state index < -0.39 is 0 Å². The molecule has 2 rings (SSSR count). The molecular formula is C15H19NO2. The third kappa shape index (κ3) is 2.57. The van der Waals surface area contributed by atoms with E-state index in [9.17, 15) is 0 Å². The average molecular weight is 245 g/mol. The molecule has 3 heteroatoms. The van der Waals surface area contributed by atoms with Gasteiger partial charge >= 0.3 is 0 Å². The van der Waals surface area contributed by atoms with Crippen molar-refractivity contribution in [2.24, 2.45) is 5.73 Å². The first-order chi connectivity index (χ1) is 8.61. The summed E-state index contributed by atoms with van der Waals surface area (Å²) in [5, 5.41) is 0. The molecule has 0 aliphatic carbocycles. The molecule has 3 nitrogen and oxygen atoms in total. The van der Waals surface area contributed by atoms with E-state index >= 15 is 0 Å². The summed E-state index contributed by atoms with van der Waals surface area (Å²) in [6, 6.07) is 9.85. The summed E-state index contributed by atoms with van der Waals surface area (Å²) in [5.41, 5.74) is 8.11. The summed E-state index contributed by atoms with van der Waals surface area (Å²) in [6.45, 7) is 6.41. The van der Waals surface area contributed by atoms with Gasteiger partial charge in [-0.05, 0) is 50.1 Å². The predicted octanol–water partition coefficient (Wildman–Crippen LogP) is 3.28. The highest BCUT2D eigenvalue weighted by Gasteiger charge is 2.16. The molecule has 2 N–H and O–H groups in total. The summed E-state index contributed by atoms with van der Waals surface area (Å²) in [5.74, 6) is 2.50. The van der Waals surface area contributed by atoms with Gasteiger partial charge in [-0.3, -0.25) is 0 Å². The number of hydrogen-bond donors (Lipinski definition) is 1. The van der Waals surface area contributed by atoms with E-state index in [1.54, 1.807) is 0 Å². The lowest BCUT2D eigenvalue weighted by Gasteiger charge is -2.17. The highest BCUT2D eigenvalue weighted by atomic mass is 16.5. The lowest BCUT2D eigenvalue weighted by Crippen LogP contribution is -2.18. The minimum atomic E-state index is -0.237. The minimum Gasteiger partial charge on any atom is -0.481 e. The molecule has 18 heavy (non-hydrogen) atoms. The molecular weight excluding hydrogens is 226 g/mol. The average Bonchev–Trinajstić information content (AvgIpc) is 2.78. The Bertz CT molecular complexity index is 531. The van der Waals surface area contributed by atoms with Crippen molar-refractivity contribution in [1.29, 1.82) is 0 Å². The molecule has 0 fully saturated rings. The van der Waals surface area contributed by atoms with E-state index in [1.165, 1.54) is 5.56 Å². The van der Waals surface area contributed by atoms with Crippen LogP contribution in [0.25, 0.3) is 0 Å². The van der Waals surface area contributed by atoms with Crippen molar-refractivity contribution in [3.63, 3.8) is 0 Å². The number of nitrogens with two attached hydrogens (primary N) is 1. The van der Waals surface area contributed by atoms with Crippen molar-refractivity contribution in [3.8, 4) is 5.75 Å². The van der Waals surface area contributed by atoms with Crippen LogP contribution < -0.4 is 10.5 Å². The highest BCUT2D eigenvalue weighted by Crippen LogP contribution is 2.27. The van der Waals surface area contributed by atoms with Gasteiger partial charge in [0.25, 0.3) is 0 Å². The van der Waals surface area contributed by atoms with Crippen LogP contribution in [-0.4, -0.2) is 6.54 Å². The van der Waals surface area contributed by atoms with Gasteiger partial charge in [0, 0.05) is 6.54 Å². The molecule has 2 aromatic rings. The third-order valence-electron chi connectivity index (χ3n) is 3.12. The molecule has 1 atom stereocenters. The molecule has 1 aromatic carbocycles. The first-order valence-corrected chi connectivity index (χ1v) is 6.11. The topological polar surface area (TPSA) is 48.4 Å². The highest BCUT2D eigenvalue weighted by molar-refractivity contribution is 5.38. The first-order valence-electron chi connectivity index (χ1n) is 6.11. The van der Waals surface area contributed by atoms with Gasteiger partial charge in [-0.1, -0.05) is 12.1 Å². The van der Waals surface area contributed by atoms with Crippen molar-refractivity contribution in [3.05, 3.63) is 53.0 Å². The van der Waals surface area contributed by atoms with Gasteiger partial charge in [0.15, 0.2) is 6.10 Å². The van der Waals surface area contributed by atoms with Crippen molar-refractivity contribution >= 4 is 0 Å². The molecule has 1 aromatic heterocycles. The molecule has 0 aliphatic rings. The zero-order valence-corrected chi connectivity index (χ0v) is 11.1. The molecule has 1 heterocycles. The second kappa shape index (κ2) is 5.27. The Kier molecular flexibility index (Phi) is 3.72. The number of rotatable bonds is 4. The molecule has 96 valence electrons. The lowest BCUT2D eigenvalue weighted by atomic mass is 10.1. The Morgan fingerprint density at radius 2 is 1.94 bits per heavy atom. The number of hydrogen-bond acceptors (Lipinski definition) is 3. The standard InChI is InChI=1S/C15H19NO2/c1-10-5-4-6-13(12(10)3)18-15(9-16)14-8-7-11(2)17-14/h4-8,15H,9,16H2,1-3H3. The van der Waals surface area contributed by atoms with Crippen LogP contribution in [0.1, 0.15) is 28.8 Å². The summed E-state index contributed by atoms with van der Waals surface area (Å²) in [7, 11) is 0. The molecule has 0 spiro atoms. The fourth-order valence-corrected chi connectivity index (χ4v) is 1.85. The van der Waals surface area contributed by atoms with Crippen molar-refractivity contribution in [1.82, 2.24) is 0 Å². The minimum absolute atomic E-state index is 0.237. The van der Waals surface area contributed by atoms with Crippen molar-refractivity contribution in [2.45, 2.75) is 26.9 Å². The Morgan fingerprint density at radius 3 is 2.56 bits per heavy atom. The van der Waals surface area contributed by atoms with Gasteiger partial charge in [-0.2, -0.15) is 0 Å². The monoisotopic (exact) mass is 245 g/mol. The van der Waals surface area contributed by atoms with E-state index in [2.05, 4.69) is 13.0 Å². The van der Waals surface area contributed by atoms with Crippen LogP contribution in [0.5, 0.6) is 5.75 Å². The summed E-state index contributed by atoms with van der Waals surface area (Å²) in [4.78, 5) is 0. The van der Waals surface area contributed by atoms with Gasteiger partial charge in [0.05, 0.1) is 0 Å².